The molecule has 0 saturated carbocycles. The predicted octanol–water partition coefficient (Wildman–Crippen LogP) is 0.252. The van der Waals surface area contributed by atoms with Crippen LogP contribution < -0.4 is 15.8 Å². The maximum atomic E-state index is 12.1. The number of ether oxygens (including phenoxy) is 1. The molecule has 0 radical (unpaired) electrons. The molecule has 5 nitrogen and oxygen atoms in total. The van der Waals surface area contributed by atoms with Crippen molar-refractivity contribution >= 4 is 11.6 Å². The molecule has 18 heavy (non-hydrogen) atoms. The lowest BCUT2D eigenvalue weighted by Crippen LogP contribution is -2.46. The lowest BCUT2D eigenvalue weighted by Gasteiger charge is -2.27. The number of hydrogen-bond donors (Lipinski definition) is 2. The van der Waals surface area contributed by atoms with Crippen LogP contribution in [-0.4, -0.2) is 44.1 Å². The first-order valence-corrected chi connectivity index (χ1v) is 6.11. The van der Waals surface area contributed by atoms with Crippen LogP contribution in [0.4, 0.5) is 5.69 Å². The van der Waals surface area contributed by atoms with Crippen LogP contribution in [0.1, 0.15) is 5.56 Å². The summed E-state index contributed by atoms with van der Waals surface area (Å²) in [7, 11) is 1.58. The zero-order chi connectivity index (χ0) is 13.0. The first-order chi connectivity index (χ1) is 8.70. The molecule has 3 N–H and O–H groups in total. The van der Waals surface area contributed by atoms with E-state index < -0.39 is 0 Å². The van der Waals surface area contributed by atoms with E-state index in [0.717, 1.165) is 31.7 Å². The molecule has 1 heterocycles. The Balaban J connectivity index is 2.02. The third-order valence-electron chi connectivity index (χ3n) is 3.12. The standard InChI is InChI=1S/C13H19N3O2/c1-18-12-8-10(2-3-11(12)14)9-13(17)16-6-4-15-5-7-16/h2-3,8,15H,4-7,9,14H2,1H3. The Morgan fingerprint density at radius 1 is 1.44 bits per heavy atom. The van der Waals surface area contributed by atoms with Crippen molar-refractivity contribution in [3.63, 3.8) is 0 Å². The van der Waals surface area contributed by atoms with Gasteiger partial charge in [0.25, 0.3) is 0 Å². The number of rotatable bonds is 3. The number of nitrogens with one attached hydrogen (secondary N) is 1. The summed E-state index contributed by atoms with van der Waals surface area (Å²) in [6.45, 7) is 3.31. The number of methoxy groups -OCH3 is 1. The molecule has 98 valence electrons. The van der Waals surface area contributed by atoms with Crippen LogP contribution >= 0.6 is 0 Å². The molecule has 0 aromatic heterocycles. The number of piperazine rings is 1. The second-order valence-corrected chi connectivity index (χ2v) is 4.38. The van der Waals surface area contributed by atoms with Gasteiger partial charge in [0.05, 0.1) is 19.2 Å². The highest BCUT2D eigenvalue weighted by Gasteiger charge is 2.16. The predicted molar refractivity (Wildman–Crippen MR) is 70.6 cm³/mol. The van der Waals surface area contributed by atoms with Crippen molar-refractivity contribution in [2.45, 2.75) is 6.42 Å². The second-order valence-electron chi connectivity index (χ2n) is 4.38. The van der Waals surface area contributed by atoms with Crippen molar-refractivity contribution in [2.75, 3.05) is 39.0 Å². The SMILES string of the molecule is COc1cc(CC(=O)N2CCNCC2)ccc1N. The van der Waals surface area contributed by atoms with Gasteiger partial charge in [-0.2, -0.15) is 0 Å². The molecule has 0 spiro atoms. The van der Waals surface area contributed by atoms with Crippen molar-refractivity contribution in [3.05, 3.63) is 23.8 Å². The van der Waals surface area contributed by atoms with Crippen molar-refractivity contribution < 1.29 is 9.53 Å². The fourth-order valence-electron chi connectivity index (χ4n) is 2.07. The van der Waals surface area contributed by atoms with Gasteiger partial charge in [-0.1, -0.05) is 6.07 Å². The molecule has 2 rings (SSSR count). The summed E-state index contributed by atoms with van der Waals surface area (Å²) in [6, 6.07) is 5.48. The van der Waals surface area contributed by atoms with Gasteiger partial charge in [0, 0.05) is 26.2 Å². The Morgan fingerprint density at radius 2 is 2.17 bits per heavy atom. The van der Waals surface area contributed by atoms with E-state index in [1.165, 1.54) is 0 Å². The maximum Gasteiger partial charge on any atom is 0.227 e. The molecule has 1 saturated heterocycles. The minimum absolute atomic E-state index is 0.156. The molecule has 1 aliphatic rings. The minimum Gasteiger partial charge on any atom is -0.495 e. The zero-order valence-corrected chi connectivity index (χ0v) is 10.6. The van der Waals surface area contributed by atoms with Crippen LogP contribution in [0.25, 0.3) is 0 Å². The molecule has 1 aromatic carbocycles. The Morgan fingerprint density at radius 3 is 2.83 bits per heavy atom. The van der Waals surface area contributed by atoms with Gasteiger partial charge in [-0.3, -0.25) is 4.79 Å². The summed E-state index contributed by atoms with van der Waals surface area (Å²) in [5.74, 6) is 0.781. The number of carbonyl (C=O) groups excluding carboxylic acids is 1. The number of amides is 1. The third-order valence-corrected chi connectivity index (χ3v) is 3.12. The maximum absolute atomic E-state index is 12.1. The van der Waals surface area contributed by atoms with Gasteiger partial charge in [-0.05, 0) is 17.7 Å². The summed E-state index contributed by atoms with van der Waals surface area (Å²) in [4.78, 5) is 14.0. The number of nitrogens with zero attached hydrogens (tertiary/aromatic N) is 1. The van der Waals surface area contributed by atoms with Crippen molar-refractivity contribution in [1.82, 2.24) is 10.2 Å². The lowest BCUT2D eigenvalue weighted by molar-refractivity contribution is -0.131. The quantitative estimate of drug-likeness (QED) is 0.754. The molecular weight excluding hydrogens is 230 g/mol. The van der Waals surface area contributed by atoms with E-state index in [2.05, 4.69) is 5.32 Å². The normalized spacial score (nSPS) is 15.5. The number of hydrogen-bond acceptors (Lipinski definition) is 4. The minimum atomic E-state index is 0.156. The van der Waals surface area contributed by atoms with E-state index in [1.54, 1.807) is 13.2 Å². The van der Waals surface area contributed by atoms with Crippen LogP contribution in [0, 0.1) is 0 Å². The van der Waals surface area contributed by atoms with Crippen molar-refractivity contribution in [2.24, 2.45) is 0 Å². The highest BCUT2D eigenvalue weighted by atomic mass is 16.5. The number of nitrogens with two attached hydrogens (primary N) is 1. The number of carbonyl (C=O) groups is 1. The van der Waals surface area contributed by atoms with E-state index in [0.29, 0.717) is 17.9 Å². The fraction of sp³-hybridized carbons (Fsp3) is 0.462. The van der Waals surface area contributed by atoms with Gasteiger partial charge in [-0.25, -0.2) is 0 Å². The number of anilines is 1. The molecule has 0 aliphatic carbocycles. The van der Waals surface area contributed by atoms with E-state index >= 15 is 0 Å². The van der Waals surface area contributed by atoms with Gasteiger partial charge in [0.1, 0.15) is 5.75 Å². The van der Waals surface area contributed by atoms with Gasteiger partial charge in [-0.15, -0.1) is 0 Å². The topological polar surface area (TPSA) is 67.6 Å². The number of benzene rings is 1. The van der Waals surface area contributed by atoms with Crippen LogP contribution in [0.15, 0.2) is 18.2 Å². The summed E-state index contributed by atoms with van der Waals surface area (Å²) in [5.41, 5.74) is 7.27. The van der Waals surface area contributed by atoms with E-state index in [4.69, 9.17) is 10.5 Å². The molecule has 0 atom stereocenters. The molecule has 1 fully saturated rings. The molecule has 0 bridgehead atoms. The highest BCUT2D eigenvalue weighted by Crippen LogP contribution is 2.22. The Kier molecular flexibility index (Phi) is 4.04. The Hall–Kier alpha value is -1.75. The van der Waals surface area contributed by atoms with Gasteiger partial charge < -0.3 is 20.7 Å². The molecule has 1 aliphatic heterocycles. The van der Waals surface area contributed by atoms with Crippen LogP contribution in [0.2, 0.25) is 0 Å². The van der Waals surface area contributed by atoms with Gasteiger partial charge in [0.2, 0.25) is 5.91 Å². The molecular formula is C13H19N3O2. The van der Waals surface area contributed by atoms with Crippen LogP contribution in [0.3, 0.4) is 0 Å². The first kappa shape index (κ1) is 12.7. The van der Waals surface area contributed by atoms with E-state index in [1.807, 2.05) is 17.0 Å². The average Bonchev–Trinajstić information content (AvgIpc) is 2.42. The lowest BCUT2D eigenvalue weighted by atomic mass is 10.1. The summed E-state index contributed by atoms with van der Waals surface area (Å²) >= 11 is 0. The summed E-state index contributed by atoms with van der Waals surface area (Å²) in [5, 5.41) is 3.23. The van der Waals surface area contributed by atoms with Crippen LogP contribution in [-0.2, 0) is 11.2 Å². The monoisotopic (exact) mass is 249 g/mol. The molecule has 1 amide bonds. The molecule has 5 heteroatoms. The highest BCUT2D eigenvalue weighted by molar-refractivity contribution is 5.79. The Labute approximate surface area is 107 Å². The summed E-state index contributed by atoms with van der Waals surface area (Å²) in [6.07, 6.45) is 0.399. The zero-order valence-electron chi connectivity index (χ0n) is 10.6. The van der Waals surface area contributed by atoms with E-state index in [9.17, 15) is 4.79 Å². The average molecular weight is 249 g/mol. The third kappa shape index (κ3) is 2.92. The van der Waals surface area contributed by atoms with Gasteiger partial charge >= 0.3 is 0 Å². The second kappa shape index (κ2) is 5.73. The van der Waals surface area contributed by atoms with Crippen LogP contribution in [0.5, 0.6) is 5.75 Å². The van der Waals surface area contributed by atoms with E-state index in [-0.39, 0.29) is 5.91 Å². The molecule has 0 unspecified atom stereocenters. The summed E-state index contributed by atoms with van der Waals surface area (Å²) < 4.78 is 5.15. The van der Waals surface area contributed by atoms with Gasteiger partial charge in [0.15, 0.2) is 0 Å². The largest absolute Gasteiger partial charge is 0.495 e. The number of nitrogen functional groups attached to an aromatic ring is 1. The van der Waals surface area contributed by atoms with Crippen molar-refractivity contribution in [3.8, 4) is 5.75 Å². The Bertz CT molecular complexity index is 428. The first-order valence-electron chi connectivity index (χ1n) is 6.11. The smallest absolute Gasteiger partial charge is 0.227 e. The fourth-order valence-corrected chi connectivity index (χ4v) is 2.07. The molecule has 1 aromatic rings. The van der Waals surface area contributed by atoms with Crippen molar-refractivity contribution in [1.29, 1.82) is 0 Å².